The van der Waals surface area contributed by atoms with E-state index < -0.39 is 12.1 Å². The number of halogens is 3. The van der Waals surface area contributed by atoms with E-state index in [0.29, 0.717) is 17.6 Å². The first-order chi connectivity index (χ1) is 16.9. The highest BCUT2D eigenvalue weighted by atomic mass is 19.4. The average Bonchev–Trinajstić information content (AvgIpc) is 3.54. The van der Waals surface area contributed by atoms with Gasteiger partial charge in [0.15, 0.2) is 5.76 Å². The SMILES string of the molecule is Cc1cc(CN2C[C@@H]3[C@H](NC(=O)c4ccc(C)o4)c4ccccc4[C@@H]3C2)n(C)n1.O=C(O)C(F)(F)F. The smallest absolute Gasteiger partial charge is 0.475 e. The van der Waals surface area contributed by atoms with Crippen LogP contribution < -0.4 is 5.32 Å². The van der Waals surface area contributed by atoms with Crippen molar-refractivity contribution in [3.8, 4) is 0 Å². The molecular formula is C25H27F3N4O4. The number of furan rings is 1. The molecule has 1 aliphatic carbocycles. The molecule has 1 aliphatic heterocycles. The van der Waals surface area contributed by atoms with E-state index in [1.807, 2.05) is 31.6 Å². The molecule has 1 fully saturated rings. The highest BCUT2D eigenvalue weighted by Gasteiger charge is 2.46. The van der Waals surface area contributed by atoms with Gasteiger partial charge < -0.3 is 14.8 Å². The molecule has 0 unspecified atom stereocenters. The van der Waals surface area contributed by atoms with Crippen LogP contribution in [-0.2, 0) is 18.4 Å². The van der Waals surface area contributed by atoms with Crippen molar-refractivity contribution in [2.24, 2.45) is 13.0 Å². The van der Waals surface area contributed by atoms with Crippen molar-refractivity contribution in [2.75, 3.05) is 13.1 Å². The third-order valence-electron chi connectivity index (χ3n) is 6.58. The van der Waals surface area contributed by atoms with Crippen LogP contribution in [0.25, 0.3) is 0 Å². The van der Waals surface area contributed by atoms with Crippen LogP contribution in [0.5, 0.6) is 0 Å². The Kier molecular flexibility index (Phi) is 6.94. The minimum Gasteiger partial charge on any atom is -0.475 e. The normalized spacial score (nSPS) is 20.9. The molecule has 0 radical (unpaired) electrons. The number of aromatic nitrogens is 2. The van der Waals surface area contributed by atoms with Gasteiger partial charge in [-0.05, 0) is 43.2 Å². The van der Waals surface area contributed by atoms with Gasteiger partial charge in [-0.1, -0.05) is 24.3 Å². The molecule has 192 valence electrons. The number of nitrogens with one attached hydrogen (secondary N) is 1. The van der Waals surface area contributed by atoms with Crippen LogP contribution in [0.4, 0.5) is 13.2 Å². The maximum Gasteiger partial charge on any atom is 0.490 e. The Morgan fingerprint density at radius 1 is 1.14 bits per heavy atom. The van der Waals surface area contributed by atoms with Gasteiger partial charge in [0.05, 0.1) is 17.4 Å². The van der Waals surface area contributed by atoms with E-state index in [4.69, 9.17) is 14.3 Å². The Labute approximate surface area is 205 Å². The molecule has 11 heteroatoms. The summed E-state index contributed by atoms with van der Waals surface area (Å²) in [4.78, 5) is 24.2. The number of fused-ring (bicyclic) bond motifs is 3. The van der Waals surface area contributed by atoms with Gasteiger partial charge in [0, 0.05) is 38.5 Å². The quantitative estimate of drug-likeness (QED) is 0.558. The van der Waals surface area contributed by atoms with Gasteiger partial charge >= 0.3 is 12.1 Å². The highest BCUT2D eigenvalue weighted by Crippen LogP contribution is 2.49. The number of carbonyl (C=O) groups is 2. The number of carboxylic acids is 1. The van der Waals surface area contributed by atoms with E-state index in [9.17, 15) is 18.0 Å². The number of benzene rings is 1. The van der Waals surface area contributed by atoms with Gasteiger partial charge in [0.25, 0.3) is 5.91 Å². The first kappa shape index (κ1) is 25.5. The number of nitrogens with zero attached hydrogens (tertiary/aromatic N) is 3. The Morgan fingerprint density at radius 3 is 2.36 bits per heavy atom. The van der Waals surface area contributed by atoms with E-state index in [-0.39, 0.29) is 11.9 Å². The summed E-state index contributed by atoms with van der Waals surface area (Å²) < 4.78 is 39.2. The van der Waals surface area contributed by atoms with E-state index >= 15 is 0 Å². The molecule has 2 aromatic heterocycles. The Morgan fingerprint density at radius 2 is 1.81 bits per heavy atom. The standard InChI is InChI=1S/C23H26N4O2.C2HF3O2/c1-14-10-16(26(3)25-14)11-27-12-19-17-6-4-5-7-18(17)22(20(19)13-27)24-23(28)21-9-8-15(2)29-21;3-2(4,5)1(6)7/h4-10,19-20,22H,11-13H2,1-3H3,(H,24,28);(H,6,7)/t19-,20-,22+;/m0./s1. The zero-order valence-electron chi connectivity index (χ0n) is 20.0. The lowest BCUT2D eigenvalue weighted by Gasteiger charge is -2.22. The number of amides is 1. The van der Waals surface area contributed by atoms with Gasteiger partial charge in [0.1, 0.15) is 5.76 Å². The summed E-state index contributed by atoms with van der Waals surface area (Å²) in [6.45, 7) is 6.71. The second-order valence-corrected chi connectivity index (χ2v) is 9.16. The molecule has 3 aromatic rings. The van der Waals surface area contributed by atoms with Crippen molar-refractivity contribution < 1.29 is 32.3 Å². The van der Waals surface area contributed by atoms with Gasteiger partial charge in [-0.2, -0.15) is 18.3 Å². The third-order valence-corrected chi connectivity index (χ3v) is 6.58. The minimum atomic E-state index is -5.08. The Hall–Kier alpha value is -3.60. The van der Waals surface area contributed by atoms with Crippen molar-refractivity contribution in [1.29, 1.82) is 0 Å². The fraction of sp³-hybridized carbons (Fsp3) is 0.400. The molecule has 2 N–H and O–H groups in total. The van der Waals surface area contributed by atoms with E-state index in [1.54, 1.807) is 6.07 Å². The fourth-order valence-electron chi connectivity index (χ4n) is 5.07. The molecule has 5 rings (SSSR count). The van der Waals surface area contributed by atoms with E-state index in [2.05, 4.69) is 45.6 Å². The summed E-state index contributed by atoms with van der Waals surface area (Å²) in [7, 11) is 2.00. The first-order valence-electron chi connectivity index (χ1n) is 11.4. The summed E-state index contributed by atoms with van der Waals surface area (Å²) in [6, 6.07) is 14.3. The lowest BCUT2D eigenvalue weighted by molar-refractivity contribution is -0.192. The molecule has 2 aliphatic rings. The van der Waals surface area contributed by atoms with Crippen LogP contribution in [0.3, 0.4) is 0 Å². The molecule has 0 saturated carbocycles. The predicted octanol–water partition coefficient (Wildman–Crippen LogP) is 3.96. The summed E-state index contributed by atoms with van der Waals surface area (Å²) in [5.74, 6) is -0.973. The number of likely N-dealkylation sites (tertiary alicyclic amines) is 1. The maximum atomic E-state index is 12.8. The van der Waals surface area contributed by atoms with Gasteiger partial charge in [-0.3, -0.25) is 14.4 Å². The molecule has 3 atom stereocenters. The number of rotatable bonds is 4. The molecule has 8 nitrogen and oxygen atoms in total. The molecule has 0 bridgehead atoms. The number of alkyl halides is 3. The molecule has 3 heterocycles. The topological polar surface area (TPSA) is 101 Å². The lowest BCUT2D eigenvalue weighted by atomic mass is 9.94. The average molecular weight is 505 g/mol. The van der Waals surface area contributed by atoms with Crippen molar-refractivity contribution >= 4 is 11.9 Å². The number of aryl methyl sites for hydroxylation is 3. The molecule has 1 amide bonds. The van der Waals surface area contributed by atoms with Crippen LogP contribution in [0.2, 0.25) is 0 Å². The second-order valence-electron chi connectivity index (χ2n) is 9.16. The largest absolute Gasteiger partial charge is 0.490 e. The van der Waals surface area contributed by atoms with Crippen LogP contribution in [0.15, 0.2) is 46.9 Å². The molecule has 36 heavy (non-hydrogen) atoms. The van der Waals surface area contributed by atoms with Crippen LogP contribution in [0, 0.1) is 19.8 Å². The number of hydrogen-bond donors (Lipinski definition) is 2. The number of carboxylic acid groups (broad SMARTS) is 1. The maximum absolute atomic E-state index is 12.8. The lowest BCUT2D eigenvalue weighted by Crippen LogP contribution is -2.33. The number of carbonyl (C=O) groups excluding carboxylic acids is 1. The summed E-state index contributed by atoms with van der Waals surface area (Å²) in [5.41, 5.74) is 4.88. The highest BCUT2D eigenvalue weighted by molar-refractivity contribution is 5.92. The van der Waals surface area contributed by atoms with Crippen LogP contribution >= 0.6 is 0 Å². The first-order valence-corrected chi connectivity index (χ1v) is 11.4. The van der Waals surface area contributed by atoms with Crippen molar-refractivity contribution in [1.82, 2.24) is 20.0 Å². The zero-order chi connectivity index (χ0) is 26.2. The summed E-state index contributed by atoms with van der Waals surface area (Å²) >= 11 is 0. The van der Waals surface area contributed by atoms with Crippen molar-refractivity contribution in [2.45, 2.75) is 38.5 Å². The van der Waals surface area contributed by atoms with Gasteiger partial charge in [-0.15, -0.1) is 0 Å². The minimum absolute atomic E-state index is 0.00683. The van der Waals surface area contributed by atoms with Crippen molar-refractivity contribution in [3.05, 3.63) is 76.5 Å². The van der Waals surface area contributed by atoms with Crippen LogP contribution in [0.1, 0.15) is 50.8 Å². The Bertz CT molecular complexity index is 1270. The molecule has 1 aromatic carbocycles. The third kappa shape index (κ3) is 5.30. The zero-order valence-corrected chi connectivity index (χ0v) is 20.0. The molecular weight excluding hydrogens is 477 g/mol. The van der Waals surface area contributed by atoms with Crippen molar-refractivity contribution in [3.63, 3.8) is 0 Å². The van der Waals surface area contributed by atoms with Crippen LogP contribution in [-0.4, -0.2) is 50.9 Å². The van der Waals surface area contributed by atoms with Gasteiger partial charge in [-0.25, -0.2) is 4.79 Å². The predicted molar refractivity (Wildman–Crippen MR) is 123 cm³/mol. The summed E-state index contributed by atoms with van der Waals surface area (Å²) in [6.07, 6.45) is -5.08. The van der Waals surface area contributed by atoms with E-state index in [1.165, 1.54) is 16.8 Å². The molecule has 0 spiro atoms. The molecule has 1 saturated heterocycles. The van der Waals surface area contributed by atoms with E-state index in [0.717, 1.165) is 31.1 Å². The fourth-order valence-corrected chi connectivity index (χ4v) is 5.07. The Balaban J connectivity index is 0.000000384. The number of aliphatic carboxylic acids is 1. The second kappa shape index (κ2) is 9.81. The van der Waals surface area contributed by atoms with Gasteiger partial charge in [0.2, 0.25) is 0 Å². The monoisotopic (exact) mass is 504 g/mol. The summed E-state index contributed by atoms with van der Waals surface area (Å²) in [5, 5.41) is 14.9. The number of hydrogen-bond acceptors (Lipinski definition) is 5.